The second-order valence-corrected chi connectivity index (χ2v) is 14.9. The first kappa shape index (κ1) is 30.2. The van der Waals surface area contributed by atoms with E-state index in [2.05, 4.69) is 55.5 Å². The van der Waals surface area contributed by atoms with Crippen molar-refractivity contribution < 1.29 is 28.3 Å². The quantitative estimate of drug-likeness (QED) is 0.222. The SMILES string of the molecule is Cc1ccc(S[C@@H]2OC(COC(=O)C(C)(C)C)C3OC(C)(C)OC3C2OP(c2ccccc2)c2ccccc2)cc1. The van der Waals surface area contributed by atoms with E-state index in [4.69, 9.17) is 23.5 Å². The van der Waals surface area contributed by atoms with E-state index in [1.165, 1.54) is 5.56 Å². The van der Waals surface area contributed by atoms with E-state index < -0.39 is 49.2 Å². The smallest absolute Gasteiger partial charge is 0.311 e. The lowest BCUT2D eigenvalue weighted by atomic mass is 9.97. The Balaban J connectivity index is 1.50. The summed E-state index contributed by atoms with van der Waals surface area (Å²) in [5.74, 6) is -1.13. The van der Waals surface area contributed by atoms with Crippen molar-refractivity contribution in [3.05, 3.63) is 90.5 Å². The molecule has 218 valence electrons. The highest BCUT2D eigenvalue weighted by Gasteiger charge is 2.57. The van der Waals surface area contributed by atoms with Gasteiger partial charge >= 0.3 is 5.97 Å². The summed E-state index contributed by atoms with van der Waals surface area (Å²) in [5, 5.41) is 2.20. The standard InChI is InChI=1S/C33H39O6PS/c1-22-17-19-25(20-18-22)41-30-29(39-40(23-13-9-7-10-14-23)24-15-11-8-12-16-24)28-27(37-33(5,6)38-28)26(36-30)21-35-31(34)32(2,3)4/h7-20,26-30H,21H2,1-6H3/t26?,27?,28?,29?,30-/m0/s1. The highest BCUT2D eigenvalue weighted by atomic mass is 32.2. The Labute approximate surface area is 248 Å². The van der Waals surface area contributed by atoms with Gasteiger partial charge in [0.1, 0.15) is 36.5 Å². The average Bonchev–Trinajstić information content (AvgIpc) is 3.28. The molecule has 6 nitrogen and oxygen atoms in total. The normalized spacial score (nSPS) is 25.6. The number of hydrogen-bond donors (Lipinski definition) is 0. The summed E-state index contributed by atoms with van der Waals surface area (Å²) in [4.78, 5) is 13.7. The Morgan fingerprint density at radius 2 is 1.44 bits per heavy atom. The molecule has 2 heterocycles. The fraction of sp³-hybridized carbons (Fsp3) is 0.424. The minimum Gasteiger partial charge on any atom is -0.462 e. The maximum Gasteiger partial charge on any atom is 0.311 e. The Kier molecular flexibility index (Phi) is 9.25. The van der Waals surface area contributed by atoms with Crippen molar-refractivity contribution in [1.29, 1.82) is 0 Å². The predicted molar refractivity (Wildman–Crippen MR) is 164 cm³/mol. The van der Waals surface area contributed by atoms with E-state index in [1.54, 1.807) is 11.8 Å². The number of benzene rings is 3. The molecule has 0 aromatic heterocycles. The third-order valence-corrected chi connectivity index (χ3v) is 10.0. The lowest BCUT2D eigenvalue weighted by molar-refractivity contribution is -0.181. The highest BCUT2D eigenvalue weighted by molar-refractivity contribution is 7.99. The molecule has 0 bridgehead atoms. The zero-order chi connectivity index (χ0) is 29.2. The number of fused-ring (bicyclic) bond motifs is 1. The van der Waals surface area contributed by atoms with Crippen molar-refractivity contribution in [2.75, 3.05) is 6.61 Å². The molecular weight excluding hydrogens is 555 g/mol. The van der Waals surface area contributed by atoms with E-state index in [0.29, 0.717) is 0 Å². The molecule has 0 amide bonds. The third kappa shape index (κ3) is 7.40. The van der Waals surface area contributed by atoms with Crippen LogP contribution in [0.5, 0.6) is 0 Å². The van der Waals surface area contributed by atoms with E-state index in [-0.39, 0.29) is 12.6 Å². The van der Waals surface area contributed by atoms with Gasteiger partial charge in [0.2, 0.25) is 0 Å². The number of thioether (sulfide) groups is 1. The van der Waals surface area contributed by atoms with Gasteiger partial charge in [-0.1, -0.05) is 90.1 Å². The topological polar surface area (TPSA) is 63.2 Å². The maximum atomic E-state index is 12.7. The number of ether oxygens (including phenoxy) is 4. The molecule has 5 rings (SSSR count). The molecule has 0 radical (unpaired) electrons. The molecule has 41 heavy (non-hydrogen) atoms. The average molecular weight is 595 g/mol. The van der Waals surface area contributed by atoms with Crippen LogP contribution in [-0.4, -0.2) is 48.2 Å². The number of esters is 1. The van der Waals surface area contributed by atoms with Crippen molar-refractivity contribution in [3.63, 3.8) is 0 Å². The fourth-order valence-corrected chi connectivity index (χ4v) is 7.91. The Morgan fingerprint density at radius 3 is 2.00 bits per heavy atom. The third-order valence-electron chi connectivity index (χ3n) is 6.90. The zero-order valence-electron chi connectivity index (χ0n) is 24.5. The van der Waals surface area contributed by atoms with Crippen molar-refractivity contribution >= 4 is 36.5 Å². The summed E-state index contributed by atoms with van der Waals surface area (Å²) in [6.07, 6.45) is -1.89. The first-order valence-electron chi connectivity index (χ1n) is 14.0. The maximum absolute atomic E-state index is 12.7. The van der Waals surface area contributed by atoms with E-state index in [0.717, 1.165) is 15.5 Å². The first-order valence-corrected chi connectivity index (χ1v) is 16.1. The van der Waals surface area contributed by atoms with E-state index >= 15 is 0 Å². The predicted octanol–water partition coefficient (Wildman–Crippen LogP) is 6.35. The van der Waals surface area contributed by atoms with Gasteiger partial charge in [-0.25, -0.2) is 0 Å². The molecule has 5 atom stereocenters. The molecule has 3 aromatic carbocycles. The van der Waals surface area contributed by atoms with Crippen LogP contribution in [0.3, 0.4) is 0 Å². The number of aryl methyl sites for hydroxylation is 1. The van der Waals surface area contributed by atoms with Crippen LogP contribution in [0.1, 0.15) is 40.2 Å². The Hall–Kier alpha value is -2.25. The molecule has 2 aliphatic heterocycles. The fourth-order valence-electron chi connectivity index (χ4n) is 4.82. The van der Waals surface area contributed by atoms with Crippen molar-refractivity contribution in [3.8, 4) is 0 Å². The van der Waals surface area contributed by atoms with Gasteiger partial charge in [-0.2, -0.15) is 0 Å². The summed E-state index contributed by atoms with van der Waals surface area (Å²) >= 11 is 1.59. The van der Waals surface area contributed by atoms with Crippen molar-refractivity contribution in [2.45, 2.75) is 82.1 Å². The van der Waals surface area contributed by atoms with Crippen LogP contribution in [-0.2, 0) is 28.3 Å². The second kappa shape index (κ2) is 12.5. The van der Waals surface area contributed by atoms with Crippen molar-refractivity contribution in [2.24, 2.45) is 5.41 Å². The summed E-state index contributed by atoms with van der Waals surface area (Å²) in [7, 11) is -1.20. The minimum atomic E-state index is -1.20. The highest BCUT2D eigenvalue weighted by Crippen LogP contribution is 2.48. The van der Waals surface area contributed by atoms with E-state index in [1.807, 2.05) is 71.0 Å². The number of rotatable bonds is 8. The lowest BCUT2D eigenvalue weighted by Crippen LogP contribution is -2.57. The molecule has 3 aromatic rings. The van der Waals surface area contributed by atoms with Crippen LogP contribution in [0.2, 0.25) is 0 Å². The van der Waals surface area contributed by atoms with Gasteiger partial charge in [-0.15, -0.1) is 0 Å². The molecule has 0 saturated carbocycles. The summed E-state index contributed by atoms with van der Waals surface area (Å²) in [5.41, 5.74) is 0.125. The molecule has 4 unspecified atom stereocenters. The van der Waals surface area contributed by atoms with Crippen LogP contribution in [0.25, 0.3) is 0 Å². The second-order valence-electron chi connectivity index (χ2n) is 11.9. The van der Waals surface area contributed by atoms with Gasteiger partial charge in [0.25, 0.3) is 0 Å². The van der Waals surface area contributed by atoms with Crippen molar-refractivity contribution in [1.82, 2.24) is 0 Å². The molecular formula is C33H39O6PS. The molecule has 2 saturated heterocycles. The molecule has 0 spiro atoms. The van der Waals surface area contributed by atoms with Gasteiger partial charge in [-0.05, 0) is 53.7 Å². The Morgan fingerprint density at radius 1 is 0.878 bits per heavy atom. The minimum absolute atomic E-state index is 0.0700. The molecule has 0 N–H and O–H groups in total. The van der Waals surface area contributed by atoms with Crippen LogP contribution in [0, 0.1) is 12.3 Å². The monoisotopic (exact) mass is 594 g/mol. The van der Waals surface area contributed by atoms with Crippen LogP contribution < -0.4 is 10.6 Å². The zero-order valence-corrected chi connectivity index (χ0v) is 26.2. The van der Waals surface area contributed by atoms with Gasteiger partial charge < -0.3 is 23.5 Å². The number of carbonyl (C=O) groups excluding carboxylic acids is 1. The molecule has 8 heteroatoms. The van der Waals surface area contributed by atoms with E-state index in [9.17, 15) is 4.79 Å². The molecule has 0 aliphatic carbocycles. The lowest BCUT2D eigenvalue weighted by Gasteiger charge is -2.43. The largest absolute Gasteiger partial charge is 0.462 e. The van der Waals surface area contributed by atoms with Gasteiger partial charge in [0.05, 0.1) is 13.6 Å². The van der Waals surface area contributed by atoms with Gasteiger partial charge in [0.15, 0.2) is 5.79 Å². The van der Waals surface area contributed by atoms with Crippen LogP contribution >= 0.6 is 19.9 Å². The molecule has 2 aliphatic rings. The Bertz CT molecular complexity index is 1260. The summed E-state index contributed by atoms with van der Waals surface area (Å²) in [6, 6.07) is 28.9. The van der Waals surface area contributed by atoms with Gasteiger partial charge in [-0.3, -0.25) is 4.79 Å². The number of hydrogen-bond acceptors (Lipinski definition) is 7. The van der Waals surface area contributed by atoms with Crippen LogP contribution in [0.15, 0.2) is 89.8 Å². The number of carbonyl (C=O) groups is 1. The summed E-state index contributed by atoms with van der Waals surface area (Å²) < 4.78 is 32.6. The molecule has 2 fully saturated rings. The summed E-state index contributed by atoms with van der Waals surface area (Å²) in [6.45, 7) is 11.5. The first-order chi connectivity index (χ1) is 19.5. The van der Waals surface area contributed by atoms with Gasteiger partial charge in [0, 0.05) is 15.5 Å². The van der Waals surface area contributed by atoms with Crippen LogP contribution in [0.4, 0.5) is 0 Å².